The molecule has 1 aliphatic carbocycles. The topological polar surface area (TPSA) is 117 Å². The fourth-order valence-electron chi connectivity index (χ4n) is 6.95. The molecule has 0 spiro atoms. The standard InChI is InChI=1S/C40H51N3O6S3/c1-7-8-9-11-26-17-31(44)34(30-16-25(6)13-14-29(30)24(4)5)32(18-26)49-40(50)41-20-27-22-52-38-35(42-33(45)19-28-12-10-15-51-28)37(46)43(38)36(27)39(47)48-21-23(2)3/h10,12,15-18,23,29-30,35,38,44H,4,7-9,11,13-14,19-22H2,1-3,5-6H3,(H,41,50)(H,42,45)/t29-,30+,35+,38+/m0/s1. The van der Waals surface area contributed by atoms with Gasteiger partial charge in [-0.2, -0.15) is 0 Å². The smallest absolute Gasteiger partial charge is 0.355 e. The van der Waals surface area contributed by atoms with E-state index >= 15 is 0 Å². The highest BCUT2D eigenvalue weighted by atomic mass is 32.2. The number of thioether (sulfide) groups is 1. The van der Waals surface area contributed by atoms with E-state index in [4.69, 9.17) is 21.7 Å². The van der Waals surface area contributed by atoms with Gasteiger partial charge in [0, 0.05) is 28.7 Å². The summed E-state index contributed by atoms with van der Waals surface area (Å²) in [6.45, 7) is 14.8. The molecule has 1 aromatic carbocycles. The number of esters is 1. The molecule has 3 N–H and O–H groups in total. The maximum Gasteiger partial charge on any atom is 0.355 e. The van der Waals surface area contributed by atoms with Gasteiger partial charge in [0.25, 0.3) is 11.1 Å². The number of phenols is 1. The first-order valence-corrected chi connectivity index (χ1v) is 20.5. The van der Waals surface area contributed by atoms with Crippen molar-refractivity contribution < 1.29 is 29.0 Å². The Labute approximate surface area is 321 Å². The molecule has 1 fully saturated rings. The second-order valence-electron chi connectivity index (χ2n) is 14.4. The number of rotatable bonds is 15. The van der Waals surface area contributed by atoms with E-state index in [9.17, 15) is 19.5 Å². The molecular weight excluding hydrogens is 715 g/mol. The highest BCUT2D eigenvalue weighted by Gasteiger charge is 2.54. The minimum absolute atomic E-state index is 0.0814. The first-order chi connectivity index (χ1) is 24.9. The lowest BCUT2D eigenvalue weighted by Gasteiger charge is -2.49. The highest BCUT2D eigenvalue weighted by molar-refractivity contribution is 8.00. The summed E-state index contributed by atoms with van der Waals surface area (Å²) in [5, 5.41) is 19.1. The summed E-state index contributed by atoms with van der Waals surface area (Å²) in [4.78, 5) is 42.2. The lowest BCUT2D eigenvalue weighted by atomic mass is 9.73. The summed E-state index contributed by atoms with van der Waals surface area (Å²) in [6.07, 6.45) is 8.25. The number of nitrogens with zero attached hydrogens (tertiary/aromatic N) is 1. The van der Waals surface area contributed by atoms with Gasteiger partial charge in [0.15, 0.2) is 0 Å². The molecule has 1 aromatic heterocycles. The van der Waals surface area contributed by atoms with Gasteiger partial charge in [-0.15, -0.1) is 23.1 Å². The maximum atomic E-state index is 13.5. The number of carbonyl (C=O) groups excluding carboxylic acids is 3. The normalized spacial score (nSPS) is 21.2. The number of nitrogens with one attached hydrogen (secondary N) is 2. The third kappa shape index (κ3) is 9.48. The van der Waals surface area contributed by atoms with Crippen LogP contribution in [0.15, 0.2) is 64.7 Å². The van der Waals surface area contributed by atoms with Crippen LogP contribution in [0.3, 0.4) is 0 Å². The second kappa shape index (κ2) is 17.9. The Bertz CT molecular complexity index is 1730. The molecule has 5 rings (SSSR count). The number of thiophene rings is 1. The van der Waals surface area contributed by atoms with Gasteiger partial charge in [-0.1, -0.05) is 63.5 Å². The molecule has 2 aliphatic heterocycles. The average Bonchev–Trinajstić information content (AvgIpc) is 3.61. The fourth-order valence-corrected chi connectivity index (χ4v) is 9.16. The molecule has 280 valence electrons. The molecule has 4 atom stereocenters. The zero-order valence-electron chi connectivity index (χ0n) is 30.8. The monoisotopic (exact) mass is 765 g/mol. The molecule has 3 aliphatic rings. The average molecular weight is 766 g/mol. The molecule has 0 radical (unpaired) electrons. The van der Waals surface area contributed by atoms with E-state index in [0.29, 0.717) is 22.6 Å². The summed E-state index contributed by atoms with van der Waals surface area (Å²) in [5.74, 6) is 0.0259. The first-order valence-electron chi connectivity index (χ1n) is 18.2. The highest BCUT2D eigenvalue weighted by Crippen LogP contribution is 2.47. The molecule has 2 amide bonds. The molecule has 9 nitrogen and oxygen atoms in total. The van der Waals surface area contributed by atoms with Gasteiger partial charge in [0.1, 0.15) is 28.6 Å². The van der Waals surface area contributed by atoms with Crippen LogP contribution in [0.1, 0.15) is 88.6 Å². The molecule has 1 saturated heterocycles. The Kier molecular flexibility index (Phi) is 13.7. The maximum absolute atomic E-state index is 13.5. The van der Waals surface area contributed by atoms with Crippen LogP contribution >= 0.6 is 35.3 Å². The van der Waals surface area contributed by atoms with Gasteiger partial charge in [-0.05, 0) is 98.3 Å². The quantitative estimate of drug-likeness (QED) is 0.0556. The lowest BCUT2D eigenvalue weighted by Crippen LogP contribution is -2.70. The molecule has 0 unspecified atom stereocenters. The Hall–Kier alpha value is -3.61. The van der Waals surface area contributed by atoms with Crippen molar-refractivity contribution >= 4 is 58.3 Å². The van der Waals surface area contributed by atoms with Crippen molar-refractivity contribution in [2.75, 3.05) is 18.9 Å². The van der Waals surface area contributed by atoms with E-state index < -0.39 is 17.4 Å². The van der Waals surface area contributed by atoms with Crippen LogP contribution in [0, 0.1) is 11.8 Å². The minimum Gasteiger partial charge on any atom is -0.507 e. The van der Waals surface area contributed by atoms with Crippen molar-refractivity contribution in [3.63, 3.8) is 0 Å². The molecule has 0 bridgehead atoms. The first kappa shape index (κ1) is 39.6. The molecule has 2 aromatic rings. The van der Waals surface area contributed by atoms with Gasteiger partial charge in [-0.3, -0.25) is 14.5 Å². The number of thiocarbonyl (C=S) groups is 1. The third-order valence-corrected chi connectivity index (χ3v) is 12.1. The van der Waals surface area contributed by atoms with E-state index in [2.05, 4.69) is 37.1 Å². The van der Waals surface area contributed by atoms with Gasteiger partial charge in [0.05, 0.1) is 13.0 Å². The van der Waals surface area contributed by atoms with Crippen LogP contribution < -0.4 is 15.4 Å². The second-order valence-corrected chi connectivity index (χ2v) is 16.9. The molecular formula is C40H51N3O6S3. The van der Waals surface area contributed by atoms with Crippen molar-refractivity contribution in [2.45, 2.75) is 96.9 Å². The number of amides is 2. The molecule has 52 heavy (non-hydrogen) atoms. The van der Waals surface area contributed by atoms with E-state index in [1.54, 1.807) is 0 Å². The van der Waals surface area contributed by atoms with Crippen LogP contribution in [-0.4, -0.2) is 63.3 Å². The van der Waals surface area contributed by atoms with Gasteiger partial charge in [-0.25, -0.2) is 4.79 Å². The largest absolute Gasteiger partial charge is 0.507 e. The fraction of sp³-hybridized carbons (Fsp3) is 0.500. The Balaban J connectivity index is 1.36. The zero-order chi connectivity index (χ0) is 37.5. The van der Waals surface area contributed by atoms with E-state index in [-0.39, 0.29) is 65.8 Å². The van der Waals surface area contributed by atoms with Crippen LogP contribution in [0.4, 0.5) is 0 Å². The van der Waals surface area contributed by atoms with Gasteiger partial charge in [0.2, 0.25) is 5.91 Å². The number of aromatic hydroxyl groups is 1. The van der Waals surface area contributed by atoms with E-state index in [1.807, 2.05) is 50.4 Å². The van der Waals surface area contributed by atoms with Crippen molar-refractivity contribution in [2.24, 2.45) is 11.8 Å². The molecule has 12 heteroatoms. The van der Waals surface area contributed by atoms with Crippen molar-refractivity contribution in [1.82, 2.24) is 15.5 Å². The summed E-state index contributed by atoms with van der Waals surface area (Å²) in [6, 6.07) is 6.86. The Morgan fingerprint density at radius 3 is 2.71 bits per heavy atom. The van der Waals surface area contributed by atoms with E-state index in [0.717, 1.165) is 54.5 Å². The number of unbranched alkanes of at least 4 members (excludes halogenated alkanes) is 2. The zero-order valence-corrected chi connectivity index (χ0v) is 33.2. The van der Waals surface area contributed by atoms with Gasteiger partial charge >= 0.3 is 5.97 Å². The number of hydrogen-bond acceptors (Lipinski definition) is 9. The minimum atomic E-state index is -0.736. The van der Waals surface area contributed by atoms with E-state index in [1.165, 1.54) is 33.6 Å². The van der Waals surface area contributed by atoms with Crippen molar-refractivity contribution in [3.05, 3.63) is 80.7 Å². The number of fused-ring (bicyclic) bond motifs is 1. The van der Waals surface area contributed by atoms with Crippen molar-refractivity contribution in [3.8, 4) is 11.5 Å². The number of phenolic OH excluding ortho intramolecular Hbond substituents is 1. The Morgan fingerprint density at radius 1 is 1.23 bits per heavy atom. The van der Waals surface area contributed by atoms with Gasteiger partial charge < -0.3 is 25.2 Å². The predicted octanol–water partition coefficient (Wildman–Crippen LogP) is 7.55. The molecule has 3 heterocycles. The summed E-state index contributed by atoms with van der Waals surface area (Å²) in [7, 11) is 0. The summed E-state index contributed by atoms with van der Waals surface area (Å²) >= 11 is 8.70. The Morgan fingerprint density at radius 2 is 2.02 bits per heavy atom. The van der Waals surface area contributed by atoms with Crippen molar-refractivity contribution in [1.29, 1.82) is 0 Å². The number of hydrogen-bond donors (Lipinski definition) is 3. The third-order valence-electron chi connectivity index (χ3n) is 9.63. The number of β-lactam (4-membered cyclic amide) rings is 1. The number of benzene rings is 1. The molecule has 0 saturated carbocycles. The number of aryl methyl sites for hydroxylation is 1. The van der Waals surface area contributed by atoms with Crippen LogP contribution in [0.25, 0.3) is 0 Å². The van der Waals surface area contributed by atoms with Crippen LogP contribution in [-0.2, 0) is 32.0 Å². The predicted molar refractivity (Wildman–Crippen MR) is 212 cm³/mol. The summed E-state index contributed by atoms with van der Waals surface area (Å²) < 4.78 is 12.0. The van der Waals surface area contributed by atoms with Crippen LogP contribution in [0.2, 0.25) is 0 Å². The summed E-state index contributed by atoms with van der Waals surface area (Å²) in [5.41, 5.74) is 4.77. The van der Waals surface area contributed by atoms with Crippen LogP contribution in [0.5, 0.6) is 11.5 Å². The number of allylic oxidation sites excluding steroid dienone is 3. The SMILES string of the molecule is C=C(C)[C@@H]1CCC(C)=C[C@H]1c1c(O)cc(CCCCC)cc1OC(=S)NCC1=C(C(=O)OCC(C)C)N2C(=O)[C@@H](NC(=O)Cc3cccs3)[C@H]2SC1. The number of ether oxygens (including phenoxy) is 2. The number of carbonyl (C=O) groups is 3. The lowest BCUT2D eigenvalue weighted by molar-refractivity contribution is -0.153.